The molecule has 0 atom stereocenters. The van der Waals surface area contributed by atoms with E-state index in [0.717, 1.165) is 5.56 Å². The fourth-order valence-corrected chi connectivity index (χ4v) is 6.03. The van der Waals surface area contributed by atoms with Crippen LogP contribution in [-0.2, 0) is 11.3 Å². The number of rotatable bonds is 9. The Labute approximate surface area is 244 Å². The molecule has 2 N–H and O–H groups in total. The molecule has 0 heterocycles. The molecule has 0 aliphatic carbocycles. The molecule has 0 fully saturated rings. The van der Waals surface area contributed by atoms with E-state index in [1.165, 1.54) is 16.7 Å². The molecule has 5 rings (SSSR count). The van der Waals surface area contributed by atoms with Gasteiger partial charge in [-0.2, -0.15) is 0 Å². The molecule has 0 aliphatic rings. The first-order valence-electron chi connectivity index (χ1n) is 13.1. The van der Waals surface area contributed by atoms with Gasteiger partial charge in [0, 0.05) is 6.54 Å². The molecule has 5 aromatic carbocycles. The summed E-state index contributed by atoms with van der Waals surface area (Å²) >= 11 is 1.71. The second-order valence-electron chi connectivity index (χ2n) is 9.29. The van der Waals surface area contributed by atoms with E-state index < -0.39 is 16.7 Å². The summed E-state index contributed by atoms with van der Waals surface area (Å²) in [6.07, 6.45) is 0. The van der Waals surface area contributed by atoms with Crippen LogP contribution in [0.2, 0.25) is 0 Å². The lowest BCUT2D eigenvalue weighted by Crippen LogP contribution is -2.30. The number of aromatic carboxylic acids is 2. The van der Waals surface area contributed by atoms with Gasteiger partial charge >= 0.3 is 11.9 Å². The normalized spacial score (nSPS) is 10.9. The number of benzene rings is 5. The zero-order valence-electron chi connectivity index (χ0n) is 22.6. The average Bonchev–Trinajstić information content (AvgIpc) is 3.02. The van der Waals surface area contributed by atoms with Crippen molar-refractivity contribution < 1.29 is 19.8 Å². The van der Waals surface area contributed by atoms with Gasteiger partial charge in [-0.15, -0.1) is 0 Å². The minimum absolute atomic E-state index is 0.331. The molecule has 0 saturated carbocycles. The minimum atomic E-state index is -0.903. The fraction of sp³-hybridized carbons (Fsp3) is 0.0857. The van der Waals surface area contributed by atoms with Gasteiger partial charge in [0.25, 0.3) is 0 Å². The number of hydrogen-bond donors (Lipinski definition) is 2. The van der Waals surface area contributed by atoms with Gasteiger partial charge in [0.1, 0.15) is 4.75 Å². The Morgan fingerprint density at radius 2 is 0.976 bits per heavy atom. The quantitative estimate of drug-likeness (QED) is 0.141. The van der Waals surface area contributed by atoms with Crippen LogP contribution in [0.15, 0.2) is 146 Å². The molecule has 206 valence electrons. The maximum atomic E-state index is 11.7. The van der Waals surface area contributed by atoms with Crippen LogP contribution in [0.3, 0.4) is 0 Å². The van der Waals surface area contributed by atoms with Crippen LogP contribution < -0.4 is 0 Å². The number of hydrogen-bond acceptors (Lipinski definition) is 4. The summed E-state index contributed by atoms with van der Waals surface area (Å²) in [5.41, 5.74) is 4.96. The van der Waals surface area contributed by atoms with Crippen molar-refractivity contribution >= 4 is 23.9 Å². The molecule has 0 radical (unpaired) electrons. The highest BCUT2D eigenvalue weighted by atomic mass is 32.2. The summed E-state index contributed by atoms with van der Waals surface area (Å²) in [6.45, 7) is 0.501. The van der Waals surface area contributed by atoms with E-state index in [1.807, 2.05) is 37.4 Å². The summed E-state index contributed by atoms with van der Waals surface area (Å²) in [5, 5.41) is 18.0. The van der Waals surface area contributed by atoms with E-state index in [9.17, 15) is 14.7 Å². The first-order valence-corrected chi connectivity index (χ1v) is 13.9. The molecule has 0 amide bonds. The van der Waals surface area contributed by atoms with Crippen molar-refractivity contribution in [2.75, 3.05) is 7.05 Å². The third-order valence-electron chi connectivity index (χ3n) is 6.50. The van der Waals surface area contributed by atoms with Gasteiger partial charge in [-0.3, -0.25) is 0 Å². The van der Waals surface area contributed by atoms with Crippen molar-refractivity contribution in [3.63, 3.8) is 0 Å². The zero-order chi connectivity index (χ0) is 29.1. The molecule has 0 saturated heterocycles. The van der Waals surface area contributed by atoms with Crippen LogP contribution in [0.4, 0.5) is 0 Å². The molecule has 0 bridgehead atoms. The lowest BCUT2D eigenvalue weighted by Gasteiger charge is -2.38. The number of nitrogens with zero attached hydrogens (tertiary/aromatic N) is 1. The predicted molar refractivity (Wildman–Crippen MR) is 165 cm³/mol. The first kappa shape index (κ1) is 29.3. The lowest BCUT2D eigenvalue weighted by atomic mass is 9.84. The van der Waals surface area contributed by atoms with Gasteiger partial charge in [0.05, 0.1) is 11.1 Å². The molecule has 0 unspecified atom stereocenters. The van der Waals surface area contributed by atoms with Crippen molar-refractivity contribution in [3.8, 4) is 0 Å². The van der Waals surface area contributed by atoms with Gasteiger partial charge in [-0.25, -0.2) is 13.9 Å². The molecular weight excluding hydrogens is 530 g/mol. The molecule has 0 spiro atoms. The van der Waals surface area contributed by atoms with Gasteiger partial charge in [-0.1, -0.05) is 139 Å². The number of carboxylic acid groups (broad SMARTS) is 2. The Morgan fingerprint density at radius 3 is 1.37 bits per heavy atom. The summed E-state index contributed by atoms with van der Waals surface area (Å²) in [7, 11) is 2.02. The molecule has 0 aliphatic heterocycles. The fourth-order valence-electron chi connectivity index (χ4n) is 4.63. The summed E-state index contributed by atoms with van der Waals surface area (Å²) in [5.74, 6) is -1.78. The Balaban J connectivity index is 0.000000367. The highest BCUT2D eigenvalue weighted by molar-refractivity contribution is 7.98. The SMILES string of the molecule is CN(Cc1ccccc1C(=O)O)SC(c1ccccc1)(c1ccccc1)c1ccccc1.O=C(O)c1ccccc1. The number of carbonyl (C=O) groups is 2. The van der Waals surface area contributed by atoms with Crippen LogP contribution in [0.25, 0.3) is 0 Å². The van der Waals surface area contributed by atoms with E-state index in [4.69, 9.17) is 5.11 Å². The molecule has 5 nitrogen and oxygen atoms in total. The Bertz CT molecular complexity index is 1450. The summed E-state index contributed by atoms with van der Waals surface area (Å²) < 4.78 is 1.64. The topological polar surface area (TPSA) is 77.8 Å². The van der Waals surface area contributed by atoms with Gasteiger partial charge < -0.3 is 10.2 Å². The van der Waals surface area contributed by atoms with Gasteiger partial charge in [0.2, 0.25) is 0 Å². The summed E-state index contributed by atoms with van der Waals surface area (Å²) in [6, 6.07) is 46.9. The van der Waals surface area contributed by atoms with Crippen LogP contribution >= 0.6 is 11.9 Å². The first-order chi connectivity index (χ1) is 19.9. The predicted octanol–water partition coefficient (Wildman–Crippen LogP) is 7.84. The maximum absolute atomic E-state index is 11.7. The molecular formula is C35H31NO4S. The third-order valence-corrected chi connectivity index (χ3v) is 7.92. The Morgan fingerprint density at radius 1 is 0.585 bits per heavy atom. The van der Waals surface area contributed by atoms with Crippen molar-refractivity contribution in [1.82, 2.24) is 4.31 Å². The van der Waals surface area contributed by atoms with Crippen molar-refractivity contribution in [2.45, 2.75) is 11.3 Å². The Kier molecular flexibility index (Phi) is 10.1. The monoisotopic (exact) mass is 561 g/mol. The van der Waals surface area contributed by atoms with Crippen LogP contribution in [0, 0.1) is 0 Å². The average molecular weight is 562 g/mol. The lowest BCUT2D eigenvalue weighted by molar-refractivity contribution is 0.0685. The van der Waals surface area contributed by atoms with E-state index in [1.54, 1.807) is 54.4 Å². The highest BCUT2D eigenvalue weighted by Crippen LogP contribution is 2.49. The summed E-state index contributed by atoms with van der Waals surface area (Å²) in [4.78, 5) is 21.9. The van der Waals surface area contributed by atoms with Gasteiger partial charge in [0.15, 0.2) is 0 Å². The molecule has 6 heteroatoms. The van der Waals surface area contributed by atoms with E-state index in [-0.39, 0.29) is 0 Å². The van der Waals surface area contributed by atoms with Crippen molar-refractivity contribution in [3.05, 3.63) is 179 Å². The second-order valence-corrected chi connectivity index (χ2v) is 10.7. The van der Waals surface area contributed by atoms with Crippen LogP contribution in [0.5, 0.6) is 0 Å². The van der Waals surface area contributed by atoms with E-state index in [2.05, 4.69) is 77.1 Å². The molecule has 0 aromatic heterocycles. The largest absolute Gasteiger partial charge is 0.478 e. The maximum Gasteiger partial charge on any atom is 0.336 e. The number of carboxylic acids is 2. The Hall–Kier alpha value is -4.65. The van der Waals surface area contributed by atoms with E-state index in [0.29, 0.717) is 17.7 Å². The van der Waals surface area contributed by atoms with Crippen LogP contribution in [-0.4, -0.2) is 33.5 Å². The van der Waals surface area contributed by atoms with Gasteiger partial charge in [-0.05, 0) is 47.5 Å². The van der Waals surface area contributed by atoms with Crippen molar-refractivity contribution in [2.24, 2.45) is 0 Å². The second kappa shape index (κ2) is 14.1. The molecule has 5 aromatic rings. The third kappa shape index (κ3) is 7.31. The highest BCUT2D eigenvalue weighted by Gasteiger charge is 2.38. The minimum Gasteiger partial charge on any atom is -0.478 e. The standard InChI is InChI=1S/C28H25NO2S.C7H6O2/c1-29(21-22-13-11-12-20-26(22)27(30)31)32-28(23-14-5-2-6-15-23,24-16-7-3-8-17-24)25-18-9-4-10-19-25;8-7(9)6-4-2-1-3-5-6/h2-20H,21H2,1H3,(H,30,31);1-5H,(H,8,9). The molecule has 41 heavy (non-hydrogen) atoms. The van der Waals surface area contributed by atoms with Crippen molar-refractivity contribution in [1.29, 1.82) is 0 Å². The van der Waals surface area contributed by atoms with Crippen LogP contribution in [0.1, 0.15) is 43.0 Å². The zero-order valence-corrected chi connectivity index (χ0v) is 23.4. The van der Waals surface area contributed by atoms with E-state index >= 15 is 0 Å². The smallest absolute Gasteiger partial charge is 0.336 e.